The maximum atomic E-state index is 12.9. The molecule has 0 spiro atoms. The van der Waals surface area contributed by atoms with Gasteiger partial charge in [0.2, 0.25) is 0 Å². The van der Waals surface area contributed by atoms with Crippen molar-refractivity contribution in [1.82, 2.24) is 0 Å². The fourth-order valence-electron chi connectivity index (χ4n) is 5.08. The number of fused-ring (bicyclic) bond motifs is 2. The monoisotopic (exact) mass is 548 g/mol. The summed E-state index contributed by atoms with van der Waals surface area (Å²) in [5, 5.41) is 24.6. The van der Waals surface area contributed by atoms with Gasteiger partial charge in [-0.25, -0.2) is 4.79 Å². The lowest BCUT2D eigenvalue weighted by molar-refractivity contribution is -0.112. The molecule has 218 valence electrons. The molecule has 1 aliphatic heterocycles. The van der Waals surface area contributed by atoms with Gasteiger partial charge in [0.05, 0.1) is 25.4 Å². The van der Waals surface area contributed by atoms with Crippen molar-refractivity contribution in [3.63, 3.8) is 0 Å². The number of rotatable bonds is 4. The minimum Gasteiger partial charge on any atom is -0.504 e. The summed E-state index contributed by atoms with van der Waals surface area (Å²) < 4.78 is 22.2. The molecular formula is C29H44N2O8. The Labute approximate surface area is 231 Å². The summed E-state index contributed by atoms with van der Waals surface area (Å²) >= 11 is 0. The number of phenolic OH excluding ortho intramolecular Hbond substituents is 1. The lowest BCUT2D eigenvalue weighted by atomic mass is 9.88. The third kappa shape index (κ3) is 8.98. The first-order valence-corrected chi connectivity index (χ1v) is 13.2. The van der Waals surface area contributed by atoms with E-state index in [1.165, 1.54) is 20.3 Å². The number of phenols is 1. The minimum atomic E-state index is -0.934. The van der Waals surface area contributed by atoms with Crippen molar-refractivity contribution < 1.29 is 38.7 Å². The van der Waals surface area contributed by atoms with Crippen LogP contribution in [-0.4, -0.2) is 68.0 Å². The number of ether oxygens (including phenoxy) is 4. The Morgan fingerprint density at radius 2 is 1.77 bits per heavy atom. The highest BCUT2D eigenvalue weighted by atomic mass is 16.6. The topological polar surface area (TPSA) is 150 Å². The standard InChI is InChI=1S/C29H44N2O8/c1-16-11-20-14-21(15-22(32)27(20)38-7)31-28(34)17(2)9-8-10-23(36-5)26(39-29(30)35)19(4)13-18(3)25(33)24(12-16)37-6/h9,13-16,18,23-26,32-33H,8,10-12H2,1-7H3,(H2,30,35)(H,31,34)/b17-9+,19-13+/t16-,18+,23?,24+,25-,26+/m1/s1. The van der Waals surface area contributed by atoms with E-state index in [-0.39, 0.29) is 23.5 Å². The van der Waals surface area contributed by atoms with Crippen LogP contribution in [0.25, 0.3) is 0 Å². The number of aliphatic hydroxyl groups excluding tert-OH is 1. The third-order valence-electron chi connectivity index (χ3n) is 7.15. The van der Waals surface area contributed by atoms with Gasteiger partial charge in [0.15, 0.2) is 17.6 Å². The van der Waals surface area contributed by atoms with Gasteiger partial charge in [0.1, 0.15) is 0 Å². The lowest BCUT2D eigenvalue weighted by Crippen LogP contribution is -2.37. The van der Waals surface area contributed by atoms with E-state index in [2.05, 4.69) is 5.32 Å². The average molecular weight is 549 g/mol. The Bertz CT molecular complexity index is 1050. The van der Waals surface area contributed by atoms with Crippen molar-refractivity contribution in [3.05, 3.63) is 41.0 Å². The van der Waals surface area contributed by atoms with E-state index in [4.69, 9.17) is 24.7 Å². The normalized spacial score (nSPS) is 30.3. The smallest absolute Gasteiger partial charge is 0.405 e. The average Bonchev–Trinajstić information content (AvgIpc) is 2.87. The molecule has 10 heteroatoms. The number of benzene rings is 1. The second kappa shape index (κ2) is 14.9. The molecule has 1 unspecified atom stereocenters. The number of methoxy groups -OCH3 is 3. The summed E-state index contributed by atoms with van der Waals surface area (Å²) in [4.78, 5) is 24.6. The van der Waals surface area contributed by atoms with Crippen molar-refractivity contribution in [3.8, 4) is 11.5 Å². The molecule has 0 saturated carbocycles. The highest BCUT2D eigenvalue weighted by Gasteiger charge is 2.30. The molecular weight excluding hydrogens is 504 g/mol. The van der Waals surface area contributed by atoms with Gasteiger partial charge < -0.3 is 40.2 Å². The second-order valence-electron chi connectivity index (χ2n) is 10.3. The molecule has 1 aromatic carbocycles. The second-order valence-corrected chi connectivity index (χ2v) is 10.3. The Morgan fingerprint density at radius 3 is 2.36 bits per heavy atom. The maximum Gasteiger partial charge on any atom is 0.405 e. The van der Waals surface area contributed by atoms with Crippen molar-refractivity contribution in [2.45, 2.75) is 77.8 Å². The highest BCUT2D eigenvalue weighted by Crippen LogP contribution is 2.36. The van der Waals surface area contributed by atoms with Crippen LogP contribution >= 0.6 is 0 Å². The van der Waals surface area contributed by atoms with Crippen molar-refractivity contribution >= 4 is 17.7 Å². The predicted molar refractivity (Wildman–Crippen MR) is 149 cm³/mol. The molecule has 5 N–H and O–H groups in total. The first kappa shape index (κ1) is 32.1. The van der Waals surface area contributed by atoms with Gasteiger partial charge in [-0.3, -0.25) is 4.79 Å². The van der Waals surface area contributed by atoms with Gasteiger partial charge >= 0.3 is 6.09 Å². The number of nitrogens with one attached hydrogen (secondary N) is 1. The van der Waals surface area contributed by atoms with E-state index in [0.717, 1.165) is 5.56 Å². The quantitative estimate of drug-likeness (QED) is 0.411. The van der Waals surface area contributed by atoms with Crippen molar-refractivity contribution in [2.75, 3.05) is 26.6 Å². The third-order valence-corrected chi connectivity index (χ3v) is 7.15. The Morgan fingerprint density at radius 1 is 1.10 bits per heavy atom. The molecule has 39 heavy (non-hydrogen) atoms. The van der Waals surface area contributed by atoms with E-state index < -0.39 is 30.5 Å². The number of amides is 2. The van der Waals surface area contributed by atoms with E-state index in [0.29, 0.717) is 48.3 Å². The number of carbonyl (C=O) groups excluding carboxylic acids is 2. The number of hydrogen-bond donors (Lipinski definition) is 4. The number of nitrogens with two attached hydrogens (primary N) is 1. The van der Waals surface area contributed by atoms with Crippen LogP contribution in [0, 0.1) is 11.8 Å². The van der Waals surface area contributed by atoms with Gasteiger partial charge in [0.25, 0.3) is 5.91 Å². The minimum absolute atomic E-state index is 0.0219. The molecule has 2 bridgehead atoms. The van der Waals surface area contributed by atoms with Crippen LogP contribution in [0.15, 0.2) is 35.4 Å². The Balaban J connectivity index is 2.53. The maximum absolute atomic E-state index is 12.9. The molecule has 0 fully saturated rings. The Kier molecular flexibility index (Phi) is 12.3. The van der Waals surface area contributed by atoms with Gasteiger partial charge in [0, 0.05) is 43.0 Å². The molecule has 6 atom stereocenters. The molecule has 0 radical (unpaired) electrons. The number of anilines is 1. The Hall–Kier alpha value is -3.08. The molecule has 1 heterocycles. The van der Waals surface area contributed by atoms with E-state index in [1.54, 1.807) is 33.1 Å². The molecule has 0 aliphatic carbocycles. The number of aromatic hydroxyl groups is 1. The summed E-state index contributed by atoms with van der Waals surface area (Å²) in [6, 6.07) is 3.24. The van der Waals surface area contributed by atoms with Crippen LogP contribution in [0.4, 0.5) is 10.5 Å². The molecule has 1 aliphatic rings. The first-order chi connectivity index (χ1) is 18.4. The van der Waals surface area contributed by atoms with Crippen LogP contribution in [0.5, 0.6) is 11.5 Å². The van der Waals surface area contributed by atoms with Gasteiger partial charge in [-0.1, -0.05) is 26.0 Å². The van der Waals surface area contributed by atoms with Crippen LogP contribution in [0.2, 0.25) is 0 Å². The van der Waals surface area contributed by atoms with Gasteiger partial charge in [-0.15, -0.1) is 0 Å². The van der Waals surface area contributed by atoms with Crippen molar-refractivity contribution in [1.29, 1.82) is 0 Å². The first-order valence-electron chi connectivity index (χ1n) is 13.2. The summed E-state index contributed by atoms with van der Waals surface area (Å²) in [5.74, 6) is -0.375. The fourth-order valence-corrected chi connectivity index (χ4v) is 5.08. The molecule has 0 saturated heterocycles. The molecule has 1 aromatic rings. The molecule has 2 amide bonds. The van der Waals surface area contributed by atoms with Gasteiger partial charge in [-0.05, 0) is 57.1 Å². The fraction of sp³-hybridized carbons (Fsp3) is 0.586. The zero-order valence-corrected chi connectivity index (χ0v) is 24.0. The van der Waals surface area contributed by atoms with Gasteiger partial charge in [-0.2, -0.15) is 0 Å². The van der Waals surface area contributed by atoms with E-state index in [1.807, 2.05) is 19.9 Å². The van der Waals surface area contributed by atoms with Crippen LogP contribution < -0.4 is 15.8 Å². The summed E-state index contributed by atoms with van der Waals surface area (Å²) in [5.41, 5.74) is 7.69. The van der Waals surface area contributed by atoms with E-state index >= 15 is 0 Å². The molecule has 2 rings (SSSR count). The number of hydrogen-bond acceptors (Lipinski definition) is 8. The summed E-state index contributed by atoms with van der Waals surface area (Å²) in [6.07, 6.45) is 1.95. The predicted octanol–water partition coefficient (Wildman–Crippen LogP) is 4.09. The number of aliphatic hydroxyl groups is 1. The van der Waals surface area contributed by atoms with Crippen LogP contribution in [0.1, 0.15) is 52.5 Å². The molecule has 0 aromatic heterocycles. The largest absolute Gasteiger partial charge is 0.504 e. The number of carbonyl (C=O) groups is 2. The van der Waals surface area contributed by atoms with Crippen LogP contribution in [-0.2, 0) is 25.4 Å². The SMILES string of the molecule is COc1c(O)cc2cc1C[C@@H](C)C[C@H](OC)[C@H](O)[C@@H](C)/C=C(\C)[C@H](OC(N)=O)C(OC)CC/C=C(\C)C(=O)N2. The zero-order chi connectivity index (χ0) is 29.3. The summed E-state index contributed by atoms with van der Waals surface area (Å²) in [7, 11) is 4.55. The summed E-state index contributed by atoms with van der Waals surface area (Å²) in [6.45, 7) is 7.38. The lowest BCUT2D eigenvalue weighted by Gasteiger charge is -2.30. The van der Waals surface area contributed by atoms with E-state index in [9.17, 15) is 19.8 Å². The number of allylic oxidation sites excluding steroid dienone is 1. The molecule has 10 nitrogen and oxygen atoms in total. The zero-order valence-electron chi connectivity index (χ0n) is 24.0. The van der Waals surface area contributed by atoms with Crippen LogP contribution in [0.3, 0.4) is 0 Å². The van der Waals surface area contributed by atoms with Crippen molar-refractivity contribution in [2.24, 2.45) is 17.6 Å². The highest BCUT2D eigenvalue weighted by molar-refractivity contribution is 6.03. The number of primary amides is 1.